The van der Waals surface area contributed by atoms with Crippen molar-refractivity contribution in [3.8, 4) is 5.88 Å². The summed E-state index contributed by atoms with van der Waals surface area (Å²) in [5.41, 5.74) is 1.15. The van der Waals surface area contributed by atoms with E-state index >= 15 is 0 Å². The average molecular weight is 284 g/mol. The van der Waals surface area contributed by atoms with Crippen LogP contribution in [-0.2, 0) is 4.74 Å². The van der Waals surface area contributed by atoms with Crippen LogP contribution in [0.2, 0.25) is 0 Å². The molecule has 0 radical (unpaired) electrons. The van der Waals surface area contributed by atoms with Crippen LogP contribution in [-0.4, -0.2) is 30.1 Å². The maximum absolute atomic E-state index is 5.43. The molecule has 1 N–H and O–H groups in total. The molecule has 1 aromatic rings. The minimum atomic E-state index is 0.199. The second kappa shape index (κ2) is 7.72. The van der Waals surface area contributed by atoms with Gasteiger partial charge in [-0.1, -0.05) is 18.0 Å². The Labute approximate surface area is 120 Å². The molecule has 0 aliphatic heterocycles. The molecule has 1 heterocycles. The van der Waals surface area contributed by atoms with Crippen molar-refractivity contribution >= 4 is 11.9 Å². The van der Waals surface area contributed by atoms with Crippen molar-refractivity contribution in [1.82, 2.24) is 9.71 Å². The summed E-state index contributed by atoms with van der Waals surface area (Å²) in [5.74, 6) is 0.636. The lowest BCUT2D eigenvalue weighted by Crippen LogP contribution is -2.20. The van der Waals surface area contributed by atoms with Crippen LogP contribution in [0.4, 0.5) is 0 Å². The number of methoxy groups -OCH3 is 1. The molecule has 0 fully saturated rings. The average Bonchev–Trinajstić information content (AvgIpc) is 2.36. The van der Waals surface area contributed by atoms with Crippen LogP contribution >= 0.6 is 11.9 Å². The first-order valence-electron chi connectivity index (χ1n) is 6.43. The molecule has 1 atom stereocenters. The van der Waals surface area contributed by atoms with Gasteiger partial charge in [-0.15, -0.1) is 0 Å². The van der Waals surface area contributed by atoms with E-state index in [1.165, 1.54) is 0 Å². The molecule has 19 heavy (non-hydrogen) atoms. The summed E-state index contributed by atoms with van der Waals surface area (Å²) >= 11 is 1.73. The van der Waals surface area contributed by atoms with Gasteiger partial charge in [-0.3, -0.25) is 4.72 Å². The lowest BCUT2D eigenvalue weighted by molar-refractivity contribution is 0.143. The van der Waals surface area contributed by atoms with Crippen molar-refractivity contribution in [3.63, 3.8) is 0 Å². The van der Waals surface area contributed by atoms with Crippen LogP contribution < -0.4 is 9.46 Å². The van der Waals surface area contributed by atoms with Crippen LogP contribution in [0, 0.1) is 0 Å². The number of hydrogen-bond acceptors (Lipinski definition) is 5. The largest absolute Gasteiger partial charge is 0.475 e. The summed E-state index contributed by atoms with van der Waals surface area (Å²) in [7, 11) is 1.65. The summed E-state index contributed by atoms with van der Waals surface area (Å²) < 4.78 is 14.0. The fraction of sp³-hybridized carbons (Fsp3) is 0.643. The Morgan fingerprint density at radius 3 is 2.58 bits per heavy atom. The Hall–Kier alpha value is -0.780. The quantitative estimate of drug-likeness (QED) is 0.615. The van der Waals surface area contributed by atoms with E-state index in [1.807, 2.05) is 18.3 Å². The number of ether oxygens (including phenoxy) is 2. The molecule has 5 heteroatoms. The minimum absolute atomic E-state index is 0.199. The van der Waals surface area contributed by atoms with E-state index in [9.17, 15) is 0 Å². The van der Waals surface area contributed by atoms with Crippen LogP contribution in [0.3, 0.4) is 0 Å². The predicted octanol–water partition coefficient (Wildman–Crippen LogP) is 3.20. The standard InChI is InChI=1S/C14H24N2O2S/c1-11(16-19-14(2,3)4)12-6-7-13(15-10-12)18-9-8-17-5/h6-7,10-11,16H,8-9H2,1-5H3/t11-/m1/s1. The van der Waals surface area contributed by atoms with E-state index in [0.29, 0.717) is 19.1 Å². The van der Waals surface area contributed by atoms with Gasteiger partial charge in [-0.2, -0.15) is 0 Å². The highest BCUT2D eigenvalue weighted by atomic mass is 32.2. The summed E-state index contributed by atoms with van der Waals surface area (Å²) in [5, 5.41) is 0. The van der Waals surface area contributed by atoms with E-state index in [1.54, 1.807) is 19.1 Å². The zero-order chi connectivity index (χ0) is 14.3. The van der Waals surface area contributed by atoms with Crippen LogP contribution in [0.25, 0.3) is 0 Å². The van der Waals surface area contributed by atoms with Crippen molar-refractivity contribution in [2.45, 2.75) is 38.5 Å². The topological polar surface area (TPSA) is 43.4 Å². The van der Waals surface area contributed by atoms with Crippen molar-refractivity contribution in [1.29, 1.82) is 0 Å². The highest BCUT2D eigenvalue weighted by molar-refractivity contribution is 7.98. The number of nitrogens with zero attached hydrogens (tertiary/aromatic N) is 1. The first-order chi connectivity index (χ1) is 8.92. The molecule has 0 aromatic carbocycles. The normalized spacial score (nSPS) is 13.3. The fourth-order valence-electron chi connectivity index (χ4n) is 1.30. The molecule has 0 aliphatic rings. The molecule has 0 bridgehead atoms. The zero-order valence-electron chi connectivity index (χ0n) is 12.4. The number of pyridine rings is 1. The molecule has 108 valence electrons. The van der Waals surface area contributed by atoms with E-state index in [-0.39, 0.29) is 10.8 Å². The molecule has 0 aliphatic carbocycles. The smallest absolute Gasteiger partial charge is 0.213 e. The Balaban J connectivity index is 2.46. The number of nitrogens with one attached hydrogen (secondary N) is 1. The lowest BCUT2D eigenvalue weighted by atomic mass is 10.2. The third kappa shape index (κ3) is 6.80. The van der Waals surface area contributed by atoms with Gasteiger partial charge in [0.1, 0.15) is 6.61 Å². The Morgan fingerprint density at radius 2 is 2.05 bits per heavy atom. The third-order valence-corrected chi connectivity index (χ3v) is 3.42. The van der Waals surface area contributed by atoms with Gasteiger partial charge >= 0.3 is 0 Å². The van der Waals surface area contributed by atoms with E-state index < -0.39 is 0 Å². The Bertz CT molecular complexity index is 363. The van der Waals surface area contributed by atoms with Crippen LogP contribution in [0.15, 0.2) is 18.3 Å². The maximum Gasteiger partial charge on any atom is 0.213 e. The van der Waals surface area contributed by atoms with Crippen molar-refractivity contribution < 1.29 is 9.47 Å². The monoisotopic (exact) mass is 284 g/mol. The van der Waals surface area contributed by atoms with E-state index in [4.69, 9.17) is 9.47 Å². The van der Waals surface area contributed by atoms with Gasteiger partial charge < -0.3 is 9.47 Å². The SMILES string of the molecule is COCCOc1ccc([C@@H](C)NSC(C)(C)C)cn1. The van der Waals surface area contributed by atoms with Gasteiger partial charge in [-0.05, 0) is 33.3 Å². The first kappa shape index (κ1) is 16.3. The highest BCUT2D eigenvalue weighted by Crippen LogP contribution is 2.24. The van der Waals surface area contributed by atoms with E-state index in [0.717, 1.165) is 5.56 Å². The fourth-order valence-corrected chi connectivity index (χ4v) is 1.96. The Morgan fingerprint density at radius 1 is 1.32 bits per heavy atom. The molecular weight excluding hydrogens is 260 g/mol. The van der Waals surface area contributed by atoms with Crippen LogP contribution in [0.5, 0.6) is 5.88 Å². The van der Waals surface area contributed by atoms with Crippen LogP contribution in [0.1, 0.15) is 39.3 Å². The van der Waals surface area contributed by atoms with Gasteiger partial charge in [0, 0.05) is 30.2 Å². The highest BCUT2D eigenvalue weighted by Gasteiger charge is 2.13. The van der Waals surface area contributed by atoms with Gasteiger partial charge in [0.05, 0.1) is 6.61 Å². The molecule has 0 spiro atoms. The lowest BCUT2D eigenvalue weighted by Gasteiger charge is -2.21. The first-order valence-corrected chi connectivity index (χ1v) is 7.25. The van der Waals surface area contributed by atoms with Crippen molar-refractivity contribution in [3.05, 3.63) is 23.9 Å². The number of hydrogen-bond donors (Lipinski definition) is 1. The summed E-state index contributed by atoms with van der Waals surface area (Å²) in [6.07, 6.45) is 1.85. The Kier molecular flexibility index (Phi) is 6.62. The summed E-state index contributed by atoms with van der Waals surface area (Å²) in [6.45, 7) is 9.77. The molecule has 0 saturated carbocycles. The molecule has 0 saturated heterocycles. The maximum atomic E-state index is 5.43. The molecular formula is C14H24N2O2S. The van der Waals surface area contributed by atoms with Crippen molar-refractivity contribution in [2.24, 2.45) is 0 Å². The minimum Gasteiger partial charge on any atom is -0.475 e. The van der Waals surface area contributed by atoms with Gasteiger partial charge in [0.2, 0.25) is 5.88 Å². The second-order valence-electron chi connectivity index (χ2n) is 5.33. The number of aromatic nitrogens is 1. The van der Waals surface area contributed by atoms with E-state index in [2.05, 4.69) is 37.4 Å². The molecule has 1 rings (SSSR count). The van der Waals surface area contributed by atoms with Crippen molar-refractivity contribution in [2.75, 3.05) is 20.3 Å². The van der Waals surface area contributed by atoms with Gasteiger partial charge in [0.25, 0.3) is 0 Å². The summed E-state index contributed by atoms with van der Waals surface area (Å²) in [4.78, 5) is 4.29. The zero-order valence-corrected chi connectivity index (χ0v) is 13.2. The molecule has 0 amide bonds. The molecule has 1 aromatic heterocycles. The van der Waals surface area contributed by atoms with Gasteiger partial charge in [0.15, 0.2) is 0 Å². The second-order valence-corrected chi connectivity index (χ2v) is 6.99. The molecule has 4 nitrogen and oxygen atoms in total. The van der Waals surface area contributed by atoms with Gasteiger partial charge in [-0.25, -0.2) is 4.98 Å². The predicted molar refractivity (Wildman–Crippen MR) is 80.5 cm³/mol. The molecule has 0 unspecified atom stereocenters. The third-order valence-electron chi connectivity index (χ3n) is 2.34. The number of rotatable bonds is 7. The summed E-state index contributed by atoms with van der Waals surface area (Å²) in [6, 6.07) is 4.19.